The molecule has 1 aromatic heterocycles. The van der Waals surface area contributed by atoms with Crippen molar-refractivity contribution in [3.63, 3.8) is 0 Å². The van der Waals surface area contributed by atoms with Crippen molar-refractivity contribution in [2.24, 2.45) is 0 Å². The number of amides is 1. The normalized spacial score (nSPS) is 10.3. The Morgan fingerprint density at radius 3 is 2.58 bits per heavy atom. The second-order valence-corrected chi connectivity index (χ2v) is 4.96. The summed E-state index contributed by atoms with van der Waals surface area (Å²) in [5.74, 6) is -3.27. The van der Waals surface area contributed by atoms with E-state index in [1.165, 1.54) is 37.2 Å². The fourth-order valence-corrected chi connectivity index (χ4v) is 1.95. The van der Waals surface area contributed by atoms with Gasteiger partial charge in [0.05, 0.1) is 12.7 Å². The molecule has 0 fully saturated rings. The average molecular weight is 335 g/mol. The number of hydrogen-bond acceptors (Lipinski definition) is 6. The molecular formula is C15H14FN3O5. The average Bonchev–Trinajstić information content (AvgIpc) is 2.54. The number of nitrogens with zero attached hydrogens (tertiary/aromatic N) is 3. The number of hydrogen-bond donors (Lipinski definition) is 1. The van der Waals surface area contributed by atoms with Gasteiger partial charge in [-0.3, -0.25) is 9.59 Å². The van der Waals surface area contributed by atoms with Crippen LogP contribution in [-0.4, -0.2) is 52.9 Å². The third kappa shape index (κ3) is 2.96. The molecule has 0 saturated heterocycles. The molecule has 1 N–H and O–H groups in total. The third-order valence-corrected chi connectivity index (χ3v) is 3.13. The van der Waals surface area contributed by atoms with Gasteiger partial charge in [-0.15, -0.1) is 0 Å². The van der Waals surface area contributed by atoms with E-state index in [2.05, 4.69) is 9.84 Å². The summed E-state index contributed by atoms with van der Waals surface area (Å²) in [5, 5.41) is 13.3. The van der Waals surface area contributed by atoms with Gasteiger partial charge in [0.15, 0.2) is 11.6 Å². The number of methoxy groups -OCH3 is 1. The number of carbonyl (C=O) groups is 2. The Kier molecular flexibility index (Phi) is 4.63. The van der Waals surface area contributed by atoms with Crippen molar-refractivity contribution >= 4 is 11.9 Å². The molecule has 1 amide bonds. The highest BCUT2D eigenvalue weighted by molar-refractivity contribution is 5.94. The highest BCUT2D eigenvalue weighted by Crippen LogP contribution is 2.19. The number of aromatic hydroxyl groups is 1. The molecule has 0 aliphatic rings. The first kappa shape index (κ1) is 17.1. The van der Waals surface area contributed by atoms with Crippen LogP contribution in [0.4, 0.5) is 4.39 Å². The lowest BCUT2D eigenvalue weighted by Gasteiger charge is -2.13. The number of halogens is 1. The monoisotopic (exact) mass is 335 g/mol. The zero-order chi connectivity index (χ0) is 18.0. The quantitative estimate of drug-likeness (QED) is 0.823. The Bertz CT molecular complexity index is 876. The van der Waals surface area contributed by atoms with Crippen LogP contribution < -0.4 is 5.56 Å². The molecule has 0 unspecified atom stereocenters. The second-order valence-electron chi connectivity index (χ2n) is 4.96. The SMILES string of the molecule is COC(=O)c1nn(-c2cccc(C(=O)N(C)C)c2F)c(=O)cc1O. The van der Waals surface area contributed by atoms with Gasteiger partial charge in [-0.25, -0.2) is 9.18 Å². The summed E-state index contributed by atoms with van der Waals surface area (Å²) >= 11 is 0. The number of ether oxygens (including phenoxy) is 1. The van der Waals surface area contributed by atoms with E-state index in [4.69, 9.17) is 0 Å². The standard InChI is InChI=1S/C15H14FN3O5/c1-18(2)14(22)8-5-4-6-9(12(8)16)19-11(21)7-10(20)13(17-19)15(23)24-3/h4-7,20H,1-3H3. The van der Waals surface area contributed by atoms with Crippen molar-refractivity contribution in [3.8, 4) is 11.4 Å². The summed E-state index contributed by atoms with van der Waals surface area (Å²) in [6, 6.07) is 4.55. The van der Waals surface area contributed by atoms with E-state index in [1.54, 1.807) is 0 Å². The van der Waals surface area contributed by atoms with Gasteiger partial charge in [-0.2, -0.15) is 9.78 Å². The molecule has 9 heteroatoms. The maximum atomic E-state index is 14.6. The van der Waals surface area contributed by atoms with Crippen LogP contribution in [0.2, 0.25) is 0 Å². The van der Waals surface area contributed by atoms with Gasteiger partial charge < -0.3 is 14.7 Å². The van der Waals surface area contributed by atoms with Gasteiger partial charge in [0.1, 0.15) is 5.69 Å². The van der Waals surface area contributed by atoms with Crippen LogP contribution in [-0.2, 0) is 4.74 Å². The summed E-state index contributed by atoms with van der Waals surface area (Å²) in [6.07, 6.45) is 0. The lowest BCUT2D eigenvalue weighted by Crippen LogP contribution is -2.27. The summed E-state index contributed by atoms with van der Waals surface area (Å²) in [6.45, 7) is 0. The predicted molar refractivity (Wildman–Crippen MR) is 80.8 cm³/mol. The molecule has 0 aliphatic heterocycles. The highest BCUT2D eigenvalue weighted by atomic mass is 19.1. The van der Waals surface area contributed by atoms with Gasteiger partial charge in [0.25, 0.3) is 11.5 Å². The summed E-state index contributed by atoms with van der Waals surface area (Å²) in [5.41, 5.74) is -2.04. The number of benzene rings is 1. The number of carbonyl (C=O) groups excluding carboxylic acids is 2. The Labute approximate surface area is 135 Å². The molecule has 0 spiro atoms. The first-order valence-corrected chi connectivity index (χ1v) is 6.70. The van der Waals surface area contributed by atoms with Crippen LogP contribution >= 0.6 is 0 Å². The molecule has 1 heterocycles. The minimum absolute atomic E-state index is 0.265. The van der Waals surface area contributed by atoms with E-state index in [-0.39, 0.29) is 11.3 Å². The lowest BCUT2D eigenvalue weighted by atomic mass is 10.1. The molecule has 8 nitrogen and oxygen atoms in total. The molecule has 0 atom stereocenters. The zero-order valence-corrected chi connectivity index (χ0v) is 13.1. The van der Waals surface area contributed by atoms with Gasteiger partial charge in [0.2, 0.25) is 5.69 Å². The van der Waals surface area contributed by atoms with Crippen LogP contribution in [0.25, 0.3) is 5.69 Å². The second kappa shape index (κ2) is 6.49. The third-order valence-electron chi connectivity index (χ3n) is 3.13. The fraction of sp³-hybridized carbons (Fsp3) is 0.200. The maximum Gasteiger partial charge on any atom is 0.362 e. The number of aromatic nitrogens is 2. The zero-order valence-electron chi connectivity index (χ0n) is 13.1. The van der Waals surface area contributed by atoms with E-state index in [9.17, 15) is 23.9 Å². The van der Waals surface area contributed by atoms with Crippen LogP contribution in [0, 0.1) is 5.82 Å². The molecule has 0 bridgehead atoms. The summed E-state index contributed by atoms with van der Waals surface area (Å²) in [7, 11) is 3.97. The van der Waals surface area contributed by atoms with Gasteiger partial charge >= 0.3 is 5.97 Å². The Hall–Kier alpha value is -3.23. The Morgan fingerprint density at radius 1 is 1.33 bits per heavy atom. The minimum atomic E-state index is -0.998. The van der Waals surface area contributed by atoms with Crippen LogP contribution in [0.3, 0.4) is 0 Å². The molecule has 0 radical (unpaired) electrons. The highest BCUT2D eigenvalue weighted by Gasteiger charge is 2.21. The summed E-state index contributed by atoms with van der Waals surface area (Å²) < 4.78 is 19.7. The van der Waals surface area contributed by atoms with E-state index >= 15 is 0 Å². The molecule has 0 saturated carbocycles. The summed E-state index contributed by atoms with van der Waals surface area (Å²) in [4.78, 5) is 36.7. The molecule has 24 heavy (non-hydrogen) atoms. The number of esters is 1. The first-order chi connectivity index (χ1) is 11.3. The molecule has 126 valence electrons. The van der Waals surface area contributed by atoms with Gasteiger partial charge in [0, 0.05) is 20.2 Å². The number of rotatable bonds is 3. The van der Waals surface area contributed by atoms with Crippen LogP contribution in [0.1, 0.15) is 20.8 Å². The Balaban J connectivity index is 2.69. The van der Waals surface area contributed by atoms with E-state index in [0.29, 0.717) is 10.7 Å². The van der Waals surface area contributed by atoms with Crippen molar-refractivity contribution in [3.05, 3.63) is 51.7 Å². The lowest BCUT2D eigenvalue weighted by molar-refractivity contribution is 0.0587. The van der Waals surface area contributed by atoms with Crippen molar-refractivity contribution in [2.45, 2.75) is 0 Å². The van der Waals surface area contributed by atoms with Crippen molar-refractivity contribution in [2.75, 3.05) is 21.2 Å². The molecule has 2 rings (SSSR count). The van der Waals surface area contributed by atoms with Crippen LogP contribution in [0.15, 0.2) is 29.1 Å². The Morgan fingerprint density at radius 2 is 2.00 bits per heavy atom. The van der Waals surface area contributed by atoms with E-state index in [1.807, 2.05) is 0 Å². The molecular weight excluding hydrogens is 321 g/mol. The van der Waals surface area contributed by atoms with Gasteiger partial charge in [-0.05, 0) is 12.1 Å². The molecule has 0 aliphatic carbocycles. The fourth-order valence-electron chi connectivity index (χ4n) is 1.95. The van der Waals surface area contributed by atoms with Crippen LogP contribution in [0.5, 0.6) is 5.75 Å². The van der Waals surface area contributed by atoms with Crippen molar-refractivity contribution in [1.29, 1.82) is 0 Å². The largest absolute Gasteiger partial charge is 0.505 e. The van der Waals surface area contributed by atoms with Crippen molar-refractivity contribution in [1.82, 2.24) is 14.7 Å². The van der Waals surface area contributed by atoms with E-state index < -0.39 is 34.7 Å². The topological polar surface area (TPSA) is 102 Å². The van der Waals surface area contributed by atoms with Gasteiger partial charge in [-0.1, -0.05) is 6.07 Å². The minimum Gasteiger partial charge on any atom is -0.505 e. The molecule has 1 aromatic carbocycles. The molecule has 2 aromatic rings. The smallest absolute Gasteiger partial charge is 0.362 e. The predicted octanol–water partition coefficient (Wildman–Crippen LogP) is 0.566. The van der Waals surface area contributed by atoms with E-state index in [0.717, 1.165) is 7.11 Å². The maximum absolute atomic E-state index is 14.6. The first-order valence-electron chi connectivity index (χ1n) is 6.70. The van der Waals surface area contributed by atoms with Crippen molar-refractivity contribution < 1.29 is 23.8 Å².